The normalized spacial score (nSPS) is 21.2. The number of nitrogens with one attached hydrogen (secondary N) is 1. The minimum atomic E-state index is 0.692. The summed E-state index contributed by atoms with van der Waals surface area (Å²) in [7, 11) is 0. The van der Waals surface area contributed by atoms with Gasteiger partial charge in [0, 0.05) is 18.7 Å². The van der Waals surface area contributed by atoms with Crippen molar-refractivity contribution in [3.05, 3.63) is 24.4 Å². The van der Waals surface area contributed by atoms with Gasteiger partial charge in [-0.2, -0.15) is 0 Å². The Hall–Kier alpha value is -1.49. The van der Waals surface area contributed by atoms with Gasteiger partial charge >= 0.3 is 0 Å². The minimum Gasteiger partial charge on any atom is -0.316 e. The van der Waals surface area contributed by atoms with Gasteiger partial charge < -0.3 is 5.32 Å². The first kappa shape index (κ1) is 8.79. The Balaban J connectivity index is 1.90. The van der Waals surface area contributed by atoms with Crippen LogP contribution in [0.1, 0.15) is 12.2 Å². The van der Waals surface area contributed by atoms with Crippen LogP contribution in [-0.4, -0.2) is 32.7 Å². The number of nitrogens with zero attached hydrogens (tertiary/aromatic N) is 4. The van der Waals surface area contributed by atoms with E-state index < -0.39 is 0 Å². The highest BCUT2D eigenvalue weighted by molar-refractivity contribution is 5.35. The van der Waals surface area contributed by atoms with Crippen LogP contribution in [0.3, 0.4) is 0 Å². The Morgan fingerprint density at radius 3 is 3.33 bits per heavy atom. The first-order valence-corrected chi connectivity index (χ1v) is 5.28. The third-order valence-electron chi connectivity index (χ3n) is 2.92. The molecule has 78 valence electrons. The highest BCUT2D eigenvalue weighted by atomic mass is 15.3. The minimum absolute atomic E-state index is 0.692. The van der Waals surface area contributed by atoms with Crippen molar-refractivity contribution in [2.75, 3.05) is 13.1 Å². The summed E-state index contributed by atoms with van der Waals surface area (Å²) in [6.45, 7) is 2.22. The van der Waals surface area contributed by atoms with Crippen molar-refractivity contribution in [3.63, 3.8) is 0 Å². The Bertz CT molecular complexity index is 458. The van der Waals surface area contributed by atoms with Crippen molar-refractivity contribution in [2.24, 2.45) is 5.92 Å². The summed E-state index contributed by atoms with van der Waals surface area (Å²) in [5.41, 5.74) is 0.881. The SMILES string of the molecule is c1cc2nnc(CC3CCNC3)n2cn1. The van der Waals surface area contributed by atoms with E-state index in [0.29, 0.717) is 5.92 Å². The molecule has 0 aliphatic carbocycles. The summed E-state index contributed by atoms with van der Waals surface area (Å²) in [4.78, 5) is 4.09. The molecule has 0 bridgehead atoms. The molecule has 15 heavy (non-hydrogen) atoms. The zero-order valence-corrected chi connectivity index (χ0v) is 8.43. The van der Waals surface area contributed by atoms with Crippen LogP contribution in [0.5, 0.6) is 0 Å². The molecule has 1 aliphatic heterocycles. The lowest BCUT2D eigenvalue weighted by Gasteiger charge is -2.05. The van der Waals surface area contributed by atoms with Gasteiger partial charge in [0.25, 0.3) is 0 Å². The number of rotatable bonds is 2. The maximum Gasteiger partial charge on any atom is 0.163 e. The molecule has 5 heteroatoms. The summed E-state index contributed by atoms with van der Waals surface area (Å²) in [5.74, 6) is 1.71. The quantitative estimate of drug-likeness (QED) is 0.761. The summed E-state index contributed by atoms with van der Waals surface area (Å²) in [6.07, 6.45) is 5.74. The lowest BCUT2D eigenvalue weighted by Crippen LogP contribution is -2.12. The van der Waals surface area contributed by atoms with Crippen LogP contribution < -0.4 is 5.32 Å². The Morgan fingerprint density at radius 2 is 2.47 bits per heavy atom. The van der Waals surface area contributed by atoms with Crippen LogP contribution in [0, 0.1) is 5.92 Å². The Morgan fingerprint density at radius 1 is 1.47 bits per heavy atom. The van der Waals surface area contributed by atoms with Gasteiger partial charge in [0.2, 0.25) is 0 Å². The second-order valence-electron chi connectivity index (χ2n) is 3.99. The molecule has 0 saturated carbocycles. The molecule has 1 fully saturated rings. The maximum absolute atomic E-state index is 4.20. The van der Waals surface area contributed by atoms with E-state index in [-0.39, 0.29) is 0 Å². The molecule has 3 rings (SSSR count). The molecule has 0 spiro atoms. The van der Waals surface area contributed by atoms with Gasteiger partial charge in [-0.3, -0.25) is 4.40 Å². The molecular formula is C10H13N5. The van der Waals surface area contributed by atoms with E-state index in [2.05, 4.69) is 20.5 Å². The zero-order valence-electron chi connectivity index (χ0n) is 8.43. The van der Waals surface area contributed by atoms with E-state index in [4.69, 9.17) is 0 Å². The molecule has 3 heterocycles. The number of aromatic nitrogens is 4. The molecule has 0 aromatic carbocycles. The fraction of sp³-hybridized carbons (Fsp3) is 0.500. The molecule has 5 nitrogen and oxygen atoms in total. The second-order valence-corrected chi connectivity index (χ2v) is 3.99. The fourth-order valence-corrected chi connectivity index (χ4v) is 2.08. The Kier molecular flexibility index (Phi) is 2.10. The van der Waals surface area contributed by atoms with Gasteiger partial charge in [0.15, 0.2) is 5.65 Å². The van der Waals surface area contributed by atoms with E-state index in [1.165, 1.54) is 6.42 Å². The maximum atomic E-state index is 4.20. The van der Waals surface area contributed by atoms with Gasteiger partial charge in [0.1, 0.15) is 12.2 Å². The van der Waals surface area contributed by atoms with Crippen molar-refractivity contribution in [3.8, 4) is 0 Å². The molecule has 1 atom stereocenters. The molecule has 1 N–H and O–H groups in total. The number of fused-ring (bicyclic) bond motifs is 1. The van der Waals surface area contributed by atoms with E-state index in [0.717, 1.165) is 31.0 Å². The first-order valence-electron chi connectivity index (χ1n) is 5.28. The molecule has 2 aromatic rings. The van der Waals surface area contributed by atoms with Crippen molar-refractivity contribution < 1.29 is 0 Å². The molecule has 1 aliphatic rings. The van der Waals surface area contributed by atoms with E-state index in [1.807, 2.05) is 10.5 Å². The summed E-state index contributed by atoms with van der Waals surface area (Å²) < 4.78 is 1.97. The predicted octanol–water partition coefficient (Wildman–Crippen LogP) is 0.276. The van der Waals surface area contributed by atoms with Crippen molar-refractivity contribution in [1.29, 1.82) is 0 Å². The van der Waals surface area contributed by atoms with Gasteiger partial charge in [0.05, 0.1) is 0 Å². The van der Waals surface area contributed by atoms with Crippen molar-refractivity contribution in [1.82, 2.24) is 24.9 Å². The standard InChI is InChI=1S/C10H13N5/c1-3-11-6-8(1)5-10-14-13-9-2-4-12-7-15(9)10/h2,4,7-8,11H,1,3,5-6H2. The molecule has 2 aromatic heterocycles. The first-order chi connectivity index (χ1) is 7.43. The van der Waals surface area contributed by atoms with Gasteiger partial charge in [-0.1, -0.05) is 0 Å². The summed E-state index contributed by atoms with van der Waals surface area (Å²) in [6, 6.07) is 1.88. The van der Waals surface area contributed by atoms with E-state index >= 15 is 0 Å². The molecule has 0 amide bonds. The van der Waals surface area contributed by atoms with Crippen LogP contribution in [0.2, 0.25) is 0 Å². The smallest absolute Gasteiger partial charge is 0.163 e. The number of hydrogen-bond acceptors (Lipinski definition) is 4. The molecule has 1 unspecified atom stereocenters. The van der Waals surface area contributed by atoms with Crippen LogP contribution in [0.4, 0.5) is 0 Å². The lowest BCUT2D eigenvalue weighted by atomic mass is 10.1. The van der Waals surface area contributed by atoms with Crippen molar-refractivity contribution in [2.45, 2.75) is 12.8 Å². The van der Waals surface area contributed by atoms with E-state index in [1.54, 1.807) is 12.5 Å². The topological polar surface area (TPSA) is 55.1 Å². The van der Waals surface area contributed by atoms with Crippen LogP contribution in [0.15, 0.2) is 18.6 Å². The monoisotopic (exact) mass is 203 g/mol. The van der Waals surface area contributed by atoms with E-state index in [9.17, 15) is 0 Å². The third-order valence-corrected chi connectivity index (χ3v) is 2.92. The molecule has 0 radical (unpaired) electrons. The molecular weight excluding hydrogens is 190 g/mol. The van der Waals surface area contributed by atoms with Gasteiger partial charge in [-0.05, 0) is 25.4 Å². The lowest BCUT2D eigenvalue weighted by molar-refractivity contribution is 0.557. The average molecular weight is 203 g/mol. The van der Waals surface area contributed by atoms with Crippen molar-refractivity contribution >= 4 is 5.65 Å². The number of hydrogen-bond donors (Lipinski definition) is 1. The molecule has 1 saturated heterocycles. The second kappa shape index (κ2) is 3.58. The Labute approximate surface area is 87.5 Å². The van der Waals surface area contributed by atoms with Gasteiger partial charge in [-0.25, -0.2) is 4.98 Å². The van der Waals surface area contributed by atoms with Crippen LogP contribution in [0.25, 0.3) is 5.65 Å². The van der Waals surface area contributed by atoms with Gasteiger partial charge in [-0.15, -0.1) is 10.2 Å². The summed E-state index contributed by atoms with van der Waals surface area (Å²) >= 11 is 0. The zero-order chi connectivity index (χ0) is 10.1. The van der Waals surface area contributed by atoms with Crippen LogP contribution in [-0.2, 0) is 6.42 Å². The predicted molar refractivity (Wildman–Crippen MR) is 55.5 cm³/mol. The summed E-state index contributed by atoms with van der Waals surface area (Å²) in [5, 5.41) is 11.7. The fourth-order valence-electron chi connectivity index (χ4n) is 2.08. The highest BCUT2D eigenvalue weighted by Crippen LogP contribution is 2.14. The van der Waals surface area contributed by atoms with Crippen LogP contribution >= 0.6 is 0 Å². The highest BCUT2D eigenvalue weighted by Gasteiger charge is 2.17. The largest absolute Gasteiger partial charge is 0.316 e. The third kappa shape index (κ3) is 1.59. The average Bonchev–Trinajstić information content (AvgIpc) is 2.89.